The molecule has 3 heterocycles. The maximum Gasteiger partial charge on any atom is 0.327 e. The summed E-state index contributed by atoms with van der Waals surface area (Å²) < 4.78 is 11.0. The molecule has 152 valence electrons. The van der Waals surface area contributed by atoms with E-state index < -0.39 is 29.4 Å². The van der Waals surface area contributed by atoms with Crippen LogP contribution in [0.4, 0.5) is 0 Å². The summed E-state index contributed by atoms with van der Waals surface area (Å²) in [4.78, 5) is 40.9. The Morgan fingerprint density at radius 2 is 1.90 bits per heavy atom. The molecule has 2 aliphatic heterocycles. The molecule has 7 heteroatoms. The van der Waals surface area contributed by atoms with Crippen LogP contribution in [0.1, 0.15) is 31.2 Å². The molecule has 4 rings (SSSR count). The molecular weight excluding hydrogens is 372 g/mol. The molecule has 0 unspecified atom stereocenters. The highest BCUT2D eigenvalue weighted by Gasteiger charge is 2.69. The van der Waals surface area contributed by atoms with Gasteiger partial charge in [0, 0.05) is 13.0 Å². The lowest BCUT2D eigenvalue weighted by molar-refractivity contribution is -0.156. The molecule has 7 nitrogen and oxygen atoms in total. The first-order chi connectivity index (χ1) is 14.0. The van der Waals surface area contributed by atoms with Gasteiger partial charge in [-0.2, -0.15) is 0 Å². The minimum atomic E-state index is -1.35. The Kier molecular flexibility index (Phi) is 5.00. The Bertz CT molecular complexity index is 911. The molecule has 0 bridgehead atoms. The largest absolute Gasteiger partial charge is 0.468 e. The number of carbonyl (C=O) groups is 3. The average molecular weight is 396 g/mol. The van der Waals surface area contributed by atoms with Crippen molar-refractivity contribution in [2.24, 2.45) is 11.8 Å². The van der Waals surface area contributed by atoms with Crippen LogP contribution in [0.15, 0.2) is 53.1 Å². The second-order valence-electron chi connectivity index (χ2n) is 7.42. The van der Waals surface area contributed by atoms with Gasteiger partial charge in [0.05, 0.1) is 30.7 Å². The van der Waals surface area contributed by atoms with Gasteiger partial charge in [-0.3, -0.25) is 24.6 Å². The number of carbonyl (C=O) groups excluding carboxylic acids is 3. The molecule has 2 aromatic rings. The minimum Gasteiger partial charge on any atom is -0.468 e. The van der Waals surface area contributed by atoms with Crippen LogP contribution in [0.25, 0.3) is 0 Å². The molecule has 1 aromatic heterocycles. The molecule has 0 spiro atoms. The number of imide groups is 1. The average Bonchev–Trinajstić information content (AvgIpc) is 3.41. The number of esters is 1. The molecule has 0 radical (unpaired) electrons. The molecule has 4 atom stereocenters. The lowest BCUT2D eigenvalue weighted by atomic mass is 9.76. The standard InChI is InChI=1S/C22H24N2O5/c1-3-24-19(25)16-17(20(24)26)22(21(27)28-4-2,13-14-9-6-5-7-10-14)23-18(16)15-11-8-12-29-15/h5-12,16-18,23H,3-4,13H2,1-2H3/t16-,17-,18-,22-/m1/s1. The van der Waals surface area contributed by atoms with Gasteiger partial charge in [-0.1, -0.05) is 30.3 Å². The van der Waals surface area contributed by atoms with Gasteiger partial charge in [-0.25, -0.2) is 0 Å². The van der Waals surface area contributed by atoms with Crippen molar-refractivity contribution in [2.45, 2.75) is 31.8 Å². The first-order valence-corrected chi connectivity index (χ1v) is 9.91. The summed E-state index contributed by atoms with van der Waals surface area (Å²) >= 11 is 0. The number of hydrogen-bond acceptors (Lipinski definition) is 6. The molecule has 2 amide bonds. The van der Waals surface area contributed by atoms with Crippen LogP contribution >= 0.6 is 0 Å². The molecule has 2 aliphatic rings. The number of benzene rings is 1. The van der Waals surface area contributed by atoms with Gasteiger partial charge >= 0.3 is 5.97 Å². The monoisotopic (exact) mass is 396 g/mol. The molecule has 1 N–H and O–H groups in total. The SMILES string of the molecule is CCOC(=O)[C@]1(Cc2ccccc2)N[C@H](c2ccco2)[C@@H]2C(=O)N(CC)C(=O)[C@@H]21. The Morgan fingerprint density at radius 3 is 2.52 bits per heavy atom. The van der Waals surface area contributed by atoms with Crippen molar-refractivity contribution in [3.05, 3.63) is 60.1 Å². The third-order valence-electron chi connectivity index (χ3n) is 5.88. The van der Waals surface area contributed by atoms with Crippen molar-refractivity contribution in [1.82, 2.24) is 10.2 Å². The van der Waals surface area contributed by atoms with Gasteiger partial charge in [0.15, 0.2) is 0 Å². The summed E-state index contributed by atoms with van der Waals surface area (Å²) in [5.41, 5.74) is -0.474. The van der Waals surface area contributed by atoms with Crippen LogP contribution in [0.3, 0.4) is 0 Å². The van der Waals surface area contributed by atoms with E-state index >= 15 is 0 Å². The smallest absolute Gasteiger partial charge is 0.327 e. The summed E-state index contributed by atoms with van der Waals surface area (Å²) in [6, 6.07) is 12.3. The van der Waals surface area contributed by atoms with Crippen LogP contribution in [0.5, 0.6) is 0 Å². The fraction of sp³-hybridized carbons (Fsp3) is 0.409. The van der Waals surface area contributed by atoms with Crippen LogP contribution < -0.4 is 5.32 Å². The summed E-state index contributed by atoms with van der Waals surface area (Å²) in [5.74, 6) is -2.19. The Balaban J connectivity index is 1.85. The zero-order chi connectivity index (χ0) is 20.6. The van der Waals surface area contributed by atoms with E-state index in [9.17, 15) is 14.4 Å². The van der Waals surface area contributed by atoms with Gasteiger partial charge in [-0.05, 0) is 31.5 Å². The number of likely N-dealkylation sites (tertiary alicyclic amines) is 1. The Morgan fingerprint density at radius 1 is 1.14 bits per heavy atom. The molecule has 29 heavy (non-hydrogen) atoms. The molecule has 0 saturated carbocycles. The highest BCUT2D eigenvalue weighted by molar-refractivity contribution is 6.09. The van der Waals surface area contributed by atoms with E-state index in [-0.39, 0.29) is 31.4 Å². The third kappa shape index (κ3) is 2.97. The number of rotatable bonds is 6. The quantitative estimate of drug-likeness (QED) is 0.594. The van der Waals surface area contributed by atoms with Gasteiger partial charge in [0.2, 0.25) is 11.8 Å². The lowest BCUT2D eigenvalue weighted by Gasteiger charge is -2.32. The predicted molar refractivity (Wildman–Crippen MR) is 103 cm³/mol. The van der Waals surface area contributed by atoms with E-state index in [4.69, 9.17) is 9.15 Å². The predicted octanol–water partition coefficient (Wildman–Crippen LogP) is 2.09. The third-order valence-corrected chi connectivity index (χ3v) is 5.88. The van der Waals surface area contributed by atoms with Crippen molar-refractivity contribution in [2.75, 3.05) is 13.2 Å². The van der Waals surface area contributed by atoms with Crippen molar-refractivity contribution < 1.29 is 23.5 Å². The molecule has 2 saturated heterocycles. The molecule has 0 aliphatic carbocycles. The van der Waals surface area contributed by atoms with E-state index in [1.807, 2.05) is 30.3 Å². The number of fused-ring (bicyclic) bond motifs is 1. The van der Waals surface area contributed by atoms with Gasteiger partial charge < -0.3 is 9.15 Å². The number of nitrogens with one attached hydrogen (secondary N) is 1. The fourth-order valence-electron chi connectivity index (χ4n) is 4.69. The second kappa shape index (κ2) is 7.48. The van der Waals surface area contributed by atoms with Crippen molar-refractivity contribution in [3.8, 4) is 0 Å². The second-order valence-corrected chi connectivity index (χ2v) is 7.42. The topological polar surface area (TPSA) is 88.8 Å². The van der Waals surface area contributed by atoms with Crippen LogP contribution in [0.2, 0.25) is 0 Å². The lowest BCUT2D eigenvalue weighted by Crippen LogP contribution is -2.58. The number of hydrogen-bond donors (Lipinski definition) is 1. The molecular formula is C22H24N2O5. The van der Waals surface area contributed by atoms with Crippen LogP contribution in [0, 0.1) is 11.8 Å². The number of nitrogens with zero attached hydrogens (tertiary/aromatic N) is 1. The van der Waals surface area contributed by atoms with Crippen LogP contribution in [-0.4, -0.2) is 41.4 Å². The van der Waals surface area contributed by atoms with Gasteiger partial charge in [0.25, 0.3) is 0 Å². The zero-order valence-corrected chi connectivity index (χ0v) is 16.5. The summed E-state index contributed by atoms with van der Waals surface area (Å²) in [6.07, 6.45) is 1.76. The Hall–Kier alpha value is -2.93. The molecule has 1 aromatic carbocycles. The zero-order valence-electron chi connectivity index (χ0n) is 16.5. The number of furan rings is 1. The summed E-state index contributed by atoms with van der Waals surface area (Å²) in [6.45, 7) is 3.93. The maximum absolute atomic E-state index is 13.3. The van der Waals surface area contributed by atoms with Crippen molar-refractivity contribution in [3.63, 3.8) is 0 Å². The van der Waals surface area contributed by atoms with E-state index in [0.717, 1.165) is 5.56 Å². The van der Waals surface area contributed by atoms with Gasteiger partial charge in [-0.15, -0.1) is 0 Å². The fourth-order valence-corrected chi connectivity index (χ4v) is 4.69. The highest BCUT2D eigenvalue weighted by atomic mass is 16.5. The number of ether oxygens (including phenoxy) is 1. The van der Waals surface area contributed by atoms with E-state index in [1.165, 1.54) is 11.2 Å². The maximum atomic E-state index is 13.3. The van der Waals surface area contributed by atoms with Crippen molar-refractivity contribution >= 4 is 17.8 Å². The first-order valence-electron chi connectivity index (χ1n) is 9.91. The highest BCUT2D eigenvalue weighted by Crippen LogP contribution is 2.50. The van der Waals surface area contributed by atoms with Gasteiger partial charge in [0.1, 0.15) is 11.3 Å². The molecule has 2 fully saturated rings. The minimum absolute atomic E-state index is 0.180. The number of amides is 2. The van der Waals surface area contributed by atoms with E-state index in [2.05, 4.69) is 5.32 Å². The summed E-state index contributed by atoms with van der Waals surface area (Å²) in [7, 11) is 0. The first kappa shape index (κ1) is 19.4. The normalized spacial score (nSPS) is 28.6. The van der Waals surface area contributed by atoms with Crippen LogP contribution in [-0.2, 0) is 25.5 Å². The Labute approximate surface area is 169 Å². The van der Waals surface area contributed by atoms with E-state index in [1.54, 1.807) is 26.0 Å². The van der Waals surface area contributed by atoms with E-state index in [0.29, 0.717) is 5.76 Å². The summed E-state index contributed by atoms with van der Waals surface area (Å²) in [5, 5.41) is 3.31. The van der Waals surface area contributed by atoms with Crippen molar-refractivity contribution in [1.29, 1.82) is 0 Å².